The summed E-state index contributed by atoms with van der Waals surface area (Å²) in [6.07, 6.45) is 4.44. The van der Waals surface area contributed by atoms with Crippen molar-refractivity contribution in [2.24, 2.45) is 5.92 Å². The van der Waals surface area contributed by atoms with E-state index >= 15 is 0 Å². The molecule has 4 heteroatoms. The molecule has 0 saturated heterocycles. The molecule has 1 saturated carbocycles. The van der Waals surface area contributed by atoms with Crippen molar-refractivity contribution in [2.45, 2.75) is 58.5 Å². The van der Waals surface area contributed by atoms with Crippen LogP contribution in [0.1, 0.15) is 55.5 Å². The lowest BCUT2D eigenvalue weighted by molar-refractivity contribution is -0.124. The normalized spacial score (nSPS) is 16.5. The summed E-state index contributed by atoms with van der Waals surface area (Å²) in [7, 11) is 0. The second-order valence-electron chi connectivity index (χ2n) is 6.55. The van der Waals surface area contributed by atoms with E-state index in [4.69, 9.17) is 0 Å². The Labute approximate surface area is 132 Å². The standard InChI is InChI=1S/C18H26N2O2/c1-12(2)16(18(22)19-15-6-4-5-7-15)20-17(21)14-10-8-13(3)9-11-14/h8-12,15-16H,4-7H2,1-3H3,(H,19,22)(H,20,21). The maximum Gasteiger partial charge on any atom is 0.251 e. The topological polar surface area (TPSA) is 58.2 Å². The first-order valence-electron chi connectivity index (χ1n) is 8.15. The van der Waals surface area contributed by atoms with Gasteiger partial charge in [0.05, 0.1) is 0 Å². The van der Waals surface area contributed by atoms with Crippen molar-refractivity contribution in [2.75, 3.05) is 0 Å². The van der Waals surface area contributed by atoms with Crippen LogP contribution in [0.15, 0.2) is 24.3 Å². The van der Waals surface area contributed by atoms with Gasteiger partial charge in [-0.2, -0.15) is 0 Å². The first-order valence-corrected chi connectivity index (χ1v) is 8.15. The number of nitrogens with one attached hydrogen (secondary N) is 2. The molecule has 1 fully saturated rings. The van der Waals surface area contributed by atoms with Gasteiger partial charge in [-0.15, -0.1) is 0 Å². The van der Waals surface area contributed by atoms with Crippen LogP contribution in [0.4, 0.5) is 0 Å². The smallest absolute Gasteiger partial charge is 0.251 e. The number of carbonyl (C=O) groups is 2. The third kappa shape index (κ3) is 4.33. The minimum Gasteiger partial charge on any atom is -0.352 e. The second-order valence-corrected chi connectivity index (χ2v) is 6.55. The second kappa shape index (κ2) is 7.43. The van der Waals surface area contributed by atoms with Gasteiger partial charge in [-0.05, 0) is 37.8 Å². The Morgan fingerprint density at radius 1 is 1.09 bits per heavy atom. The van der Waals surface area contributed by atoms with Crippen LogP contribution in [0.2, 0.25) is 0 Å². The maximum atomic E-state index is 12.4. The predicted molar refractivity (Wildman–Crippen MR) is 87.7 cm³/mol. The van der Waals surface area contributed by atoms with E-state index in [1.807, 2.05) is 32.9 Å². The molecule has 2 N–H and O–H groups in total. The van der Waals surface area contributed by atoms with Crippen molar-refractivity contribution in [1.82, 2.24) is 10.6 Å². The fourth-order valence-corrected chi connectivity index (χ4v) is 2.83. The predicted octanol–water partition coefficient (Wildman–Crippen LogP) is 2.81. The molecule has 0 spiro atoms. The molecule has 4 nitrogen and oxygen atoms in total. The minimum atomic E-state index is -0.491. The summed E-state index contributed by atoms with van der Waals surface area (Å²) in [5, 5.41) is 5.95. The molecule has 120 valence electrons. The Balaban J connectivity index is 1.99. The average Bonchev–Trinajstić information content (AvgIpc) is 2.97. The van der Waals surface area contributed by atoms with E-state index in [2.05, 4.69) is 10.6 Å². The maximum absolute atomic E-state index is 12.4. The molecule has 2 rings (SSSR count). The average molecular weight is 302 g/mol. The van der Waals surface area contributed by atoms with Gasteiger partial charge >= 0.3 is 0 Å². The largest absolute Gasteiger partial charge is 0.352 e. The fraction of sp³-hybridized carbons (Fsp3) is 0.556. The summed E-state index contributed by atoms with van der Waals surface area (Å²) in [5.74, 6) is -0.210. The number of benzene rings is 1. The van der Waals surface area contributed by atoms with Crippen molar-refractivity contribution in [3.63, 3.8) is 0 Å². The molecule has 0 aliphatic heterocycles. The molecule has 1 aliphatic rings. The lowest BCUT2D eigenvalue weighted by Gasteiger charge is -2.24. The van der Waals surface area contributed by atoms with Crippen LogP contribution in [-0.2, 0) is 4.79 Å². The van der Waals surface area contributed by atoms with Crippen LogP contribution >= 0.6 is 0 Å². The third-order valence-corrected chi connectivity index (χ3v) is 4.25. The highest BCUT2D eigenvalue weighted by Crippen LogP contribution is 2.18. The SMILES string of the molecule is Cc1ccc(C(=O)NC(C(=O)NC2CCCC2)C(C)C)cc1. The van der Waals surface area contributed by atoms with Crippen LogP contribution in [0.5, 0.6) is 0 Å². The Morgan fingerprint density at radius 3 is 2.23 bits per heavy atom. The number of hydrogen-bond donors (Lipinski definition) is 2. The molecule has 0 bridgehead atoms. The first kappa shape index (κ1) is 16.5. The summed E-state index contributed by atoms with van der Waals surface area (Å²) >= 11 is 0. The number of aryl methyl sites for hydroxylation is 1. The van der Waals surface area contributed by atoms with Crippen LogP contribution < -0.4 is 10.6 Å². The Kier molecular flexibility index (Phi) is 5.58. The van der Waals surface area contributed by atoms with E-state index in [0.717, 1.165) is 18.4 Å². The number of amides is 2. The first-order chi connectivity index (χ1) is 10.5. The lowest BCUT2D eigenvalue weighted by atomic mass is 10.0. The highest BCUT2D eigenvalue weighted by Gasteiger charge is 2.27. The summed E-state index contributed by atoms with van der Waals surface area (Å²) in [6.45, 7) is 5.89. The summed E-state index contributed by atoms with van der Waals surface area (Å²) < 4.78 is 0. The fourth-order valence-electron chi connectivity index (χ4n) is 2.83. The van der Waals surface area contributed by atoms with Gasteiger partial charge in [0.15, 0.2) is 0 Å². The molecule has 1 aliphatic carbocycles. The molecule has 1 aromatic rings. The van der Waals surface area contributed by atoms with Crippen molar-refractivity contribution < 1.29 is 9.59 Å². The molecule has 1 aromatic carbocycles. The molecule has 0 radical (unpaired) electrons. The van der Waals surface area contributed by atoms with Gasteiger partial charge in [0.1, 0.15) is 6.04 Å². The molecule has 0 heterocycles. The number of rotatable bonds is 5. The van der Waals surface area contributed by atoms with Gasteiger partial charge in [0.25, 0.3) is 5.91 Å². The van der Waals surface area contributed by atoms with Crippen LogP contribution in [0.3, 0.4) is 0 Å². The Morgan fingerprint density at radius 2 is 1.68 bits per heavy atom. The summed E-state index contributed by atoms with van der Waals surface area (Å²) in [6, 6.07) is 7.16. The molecular formula is C18H26N2O2. The molecular weight excluding hydrogens is 276 g/mol. The van der Waals surface area contributed by atoms with Crippen molar-refractivity contribution in [3.8, 4) is 0 Å². The van der Waals surface area contributed by atoms with Crippen molar-refractivity contribution in [3.05, 3.63) is 35.4 Å². The van der Waals surface area contributed by atoms with E-state index in [0.29, 0.717) is 5.56 Å². The highest BCUT2D eigenvalue weighted by molar-refractivity contribution is 5.97. The molecule has 2 amide bonds. The van der Waals surface area contributed by atoms with Crippen LogP contribution in [0, 0.1) is 12.8 Å². The quantitative estimate of drug-likeness (QED) is 0.878. The van der Waals surface area contributed by atoms with Gasteiger partial charge < -0.3 is 10.6 Å². The summed E-state index contributed by atoms with van der Waals surface area (Å²) in [4.78, 5) is 24.8. The van der Waals surface area contributed by atoms with Crippen molar-refractivity contribution in [1.29, 1.82) is 0 Å². The van der Waals surface area contributed by atoms with Crippen LogP contribution in [-0.4, -0.2) is 23.9 Å². The zero-order chi connectivity index (χ0) is 16.1. The van der Waals surface area contributed by atoms with E-state index in [1.165, 1.54) is 12.8 Å². The number of carbonyl (C=O) groups excluding carboxylic acids is 2. The van der Waals surface area contributed by atoms with E-state index in [1.54, 1.807) is 12.1 Å². The monoisotopic (exact) mass is 302 g/mol. The van der Waals surface area contributed by atoms with E-state index in [9.17, 15) is 9.59 Å². The van der Waals surface area contributed by atoms with Gasteiger partial charge in [0, 0.05) is 11.6 Å². The Hall–Kier alpha value is -1.84. The zero-order valence-electron chi connectivity index (χ0n) is 13.7. The van der Waals surface area contributed by atoms with Gasteiger partial charge in [0.2, 0.25) is 5.91 Å². The minimum absolute atomic E-state index is 0.0517. The van der Waals surface area contributed by atoms with Gasteiger partial charge in [-0.1, -0.05) is 44.4 Å². The lowest BCUT2D eigenvalue weighted by Crippen LogP contribution is -2.51. The molecule has 0 aromatic heterocycles. The van der Waals surface area contributed by atoms with Crippen molar-refractivity contribution >= 4 is 11.8 Å². The highest BCUT2D eigenvalue weighted by atomic mass is 16.2. The van der Waals surface area contributed by atoms with E-state index in [-0.39, 0.29) is 23.8 Å². The zero-order valence-corrected chi connectivity index (χ0v) is 13.7. The molecule has 1 atom stereocenters. The summed E-state index contributed by atoms with van der Waals surface area (Å²) in [5.41, 5.74) is 1.70. The Bertz CT molecular complexity index is 516. The third-order valence-electron chi connectivity index (χ3n) is 4.25. The van der Waals surface area contributed by atoms with Crippen LogP contribution in [0.25, 0.3) is 0 Å². The van der Waals surface area contributed by atoms with Gasteiger partial charge in [-0.3, -0.25) is 9.59 Å². The molecule has 22 heavy (non-hydrogen) atoms. The van der Waals surface area contributed by atoms with Gasteiger partial charge in [-0.25, -0.2) is 0 Å². The van der Waals surface area contributed by atoms with E-state index < -0.39 is 6.04 Å². The number of hydrogen-bond acceptors (Lipinski definition) is 2. The molecule has 1 unspecified atom stereocenters.